The van der Waals surface area contributed by atoms with E-state index >= 15 is 0 Å². The molecule has 0 heterocycles. The summed E-state index contributed by atoms with van der Waals surface area (Å²) in [5.74, 6) is 0.699. The molecule has 3 heteroatoms. The van der Waals surface area contributed by atoms with Crippen molar-refractivity contribution in [2.24, 2.45) is 11.8 Å². The van der Waals surface area contributed by atoms with Crippen LogP contribution in [0.15, 0.2) is 0 Å². The van der Waals surface area contributed by atoms with Gasteiger partial charge in [-0.25, -0.2) is 4.79 Å². The zero-order valence-corrected chi connectivity index (χ0v) is 12.7. The van der Waals surface area contributed by atoms with Crippen LogP contribution in [0.5, 0.6) is 0 Å². The Bertz CT molecular complexity index is 214. The Kier molecular flexibility index (Phi) is 9.80. The van der Waals surface area contributed by atoms with Crippen LogP contribution < -0.4 is 0 Å². The van der Waals surface area contributed by atoms with Gasteiger partial charge in [-0.2, -0.15) is 0 Å². The van der Waals surface area contributed by atoms with Crippen LogP contribution in [-0.2, 0) is 9.47 Å². The number of rotatable bonds is 9. The van der Waals surface area contributed by atoms with Gasteiger partial charge in [0.2, 0.25) is 0 Å². The number of unbranched alkanes of at least 4 members (excludes halogenated alkanes) is 3. The first kappa shape index (κ1) is 17.3. The van der Waals surface area contributed by atoms with Crippen molar-refractivity contribution < 1.29 is 14.3 Å². The summed E-state index contributed by atoms with van der Waals surface area (Å²) < 4.78 is 10.5. The zero-order chi connectivity index (χ0) is 14.0. The van der Waals surface area contributed by atoms with Gasteiger partial charge in [0.1, 0.15) is 6.10 Å². The highest BCUT2D eigenvalue weighted by molar-refractivity contribution is 5.60. The first-order valence-electron chi connectivity index (χ1n) is 7.36. The monoisotopic (exact) mass is 258 g/mol. The quantitative estimate of drug-likeness (QED) is 0.440. The van der Waals surface area contributed by atoms with Gasteiger partial charge >= 0.3 is 6.16 Å². The lowest BCUT2D eigenvalue weighted by Crippen LogP contribution is -2.30. The van der Waals surface area contributed by atoms with Crippen LogP contribution in [0.3, 0.4) is 0 Å². The van der Waals surface area contributed by atoms with Crippen LogP contribution in [-0.4, -0.2) is 18.9 Å². The van der Waals surface area contributed by atoms with E-state index in [-0.39, 0.29) is 6.10 Å². The third-order valence-corrected chi connectivity index (χ3v) is 3.31. The largest absolute Gasteiger partial charge is 0.508 e. The van der Waals surface area contributed by atoms with Gasteiger partial charge < -0.3 is 9.47 Å². The molecule has 0 aromatic heterocycles. The van der Waals surface area contributed by atoms with Crippen molar-refractivity contribution >= 4 is 6.16 Å². The zero-order valence-electron chi connectivity index (χ0n) is 12.7. The average Bonchev–Trinajstić information content (AvgIpc) is 2.34. The SMILES string of the molecule is CCCCCCOC(=O)OC(C(C)C)C(C)CC. The molecule has 0 saturated carbocycles. The topological polar surface area (TPSA) is 35.5 Å². The Balaban J connectivity index is 3.88. The molecule has 0 bridgehead atoms. The Hall–Kier alpha value is -0.730. The van der Waals surface area contributed by atoms with Gasteiger partial charge in [-0.3, -0.25) is 0 Å². The summed E-state index contributed by atoms with van der Waals surface area (Å²) in [6.07, 6.45) is 4.88. The van der Waals surface area contributed by atoms with Gasteiger partial charge in [-0.15, -0.1) is 0 Å². The van der Waals surface area contributed by atoms with Gasteiger partial charge in [-0.1, -0.05) is 60.3 Å². The van der Waals surface area contributed by atoms with Crippen molar-refractivity contribution in [3.63, 3.8) is 0 Å². The minimum atomic E-state index is -0.509. The fourth-order valence-corrected chi connectivity index (χ4v) is 1.97. The van der Waals surface area contributed by atoms with E-state index in [0.29, 0.717) is 18.4 Å². The second kappa shape index (κ2) is 10.2. The molecular formula is C15H30O3. The van der Waals surface area contributed by atoms with Gasteiger partial charge in [-0.05, 0) is 18.3 Å². The molecule has 2 unspecified atom stereocenters. The fourth-order valence-electron chi connectivity index (χ4n) is 1.97. The summed E-state index contributed by atoms with van der Waals surface area (Å²) in [5.41, 5.74) is 0. The molecule has 0 spiro atoms. The Morgan fingerprint density at radius 3 is 2.22 bits per heavy atom. The number of hydrogen-bond acceptors (Lipinski definition) is 3. The van der Waals surface area contributed by atoms with Gasteiger partial charge in [0, 0.05) is 0 Å². The third kappa shape index (κ3) is 7.57. The van der Waals surface area contributed by atoms with Crippen LogP contribution in [0.2, 0.25) is 0 Å². The van der Waals surface area contributed by atoms with Crippen molar-refractivity contribution in [1.82, 2.24) is 0 Å². The molecule has 0 aromatic rings. The Morgan fingerprint density at radius 2 is 1.72 bits per heavy atom. The standard InChI is InChI=1S/C15H30O3/c1-6-8-9-10-11-17-15(16)18-14(12(3)4)13(5)7-2/h12-14H,6-11H2,1-5H3. The summed E-state index contributed by atoms with van der Waals surface area (Å²) in [5, 5.41) is 0. The van der Waals surface area contributed by atoms with E-state index in [1.54, 1.807) is 0 Å². The van der Waals surface area contributed by atoms with E-state index < -0.39 is 6.16 Å². The van der Waals surface area contributed by atoms with Gasteiger partial charge in [0.05, 0.1) is 6.61 Å². The van der Waals surface area contributed by atoms with E-state index in [2.05, 4.69) is 34.6 Å². The molecule has 2 atom stereocenters. The molecule has 0 aliphatic rings. The molecule has 0 aliphatic heterocycles. The van der Waals surface area contributed by atoms with Crippen LogP contribution in [0, 0.1) is 11.8 Å². The molecule has 0 fully saturated rings. The Labute approximate surface area is 112 Å². The first-order valence-corrected chi connectivity index (χ1v) is 7.36. The predicted molar refractivity (Wildman–Crippen MR) is 74.7 cm³/mol. The minimum Gasteiger partial charge on any atom is -0.434 e. The minimum absolute atomic E-state index is 0.0434. The lowest BCUT2D eigenvalue weighted by molar-refractivity contribution is -0.0148. The lowest BCUT2D eigenvalue weighted by atomic mass is 9.93. The van der Waals surface area contributed by atoms with E-state index in [1.807, 2.05) is 0 Å². The highest BCUT2D eigenvalue weighted by atomic mass is 16.7. The van der Waals surface area contributed by atoms with Crippen molar-refractivity contribution in [3.05, 3.63) is 0 Å². The summed E-state index contributed by atoms with van der Waals surface area (Å²) >= 11 is 0. The number of ether oxygens (including phenoxy) is 2. The summed E-state index contributed by atoms with van der Waals surface area (Å²) in [6.45, 7) is 11.0. The molecule has 0 amide bonds. The van der Waals surface area contributed by atoms with E-state index in [4.69, 9.17) is 9.47 Å². The second-order valence-corrected chi connectivity index (χ2v) is 5.37. The number of carbonyl (C=O) groups is 1. The van der Waals surface area contributed by atoms with E-state index in [0.717, 1.165) is 19.3 Å². The lowest BCUT2D eigenvalue weighted by Gasteiger charge is -2.26. The highest BCUT2D eigenvalue weighted by Gasteiger charge is 2.24. The van der Waals surface area contributed by atoms with Crippen molar-refractivity contribution in [2.75, 3.05) is 6.61 Å². The van der Waals surface area contributed by atoms with Crippen LogP contribution in [0.25, 0.3) is 0 Å². The summed E-state index contributed by atoms with van der Waals surface area (Å²) in [4.78, 5) is 11.6. The van der Waals surface area contributed by atoms with Crippen molar-refractivity contribution in [2.45, 2.75) is 72.8 Å². The fraction of sp³-hybridized carbons (Fsp3) is 0.933. The van der Waals surface area contributed by atoms with Crippen LogP contribution in [0.1, 0.15) is 66.7 Å². The number of hydrogen-bond donors (Lipinski definition) is 0. The molecule has 0 saturated heterocycles. The van der Waals surface area contributed by atoms with E-state index in [9.17, 15) is 4.79 Å². The third-order valence-electron chi connectivity index (χ3n) is 3.31. The molecule has 0 N–H and O–H groups in total. The summed E-state index contributed by atoms with van der Waals surface area (Å²) in [7, 11) is 0. The number of carbonyl (C=O) groups excluding carboxylic acids is 1. The molecule has 3 nitrogen and oxygen atoms in total. The maximum Gasteiger partial charge on any atom is 0.508 e. The maximum atomic E-state index is 11.6. The molecule has 0 aromatic carbocycles. The van der Waals surface area contributed by atoms with Crippen molar-refractivity contribution in [1.29, 1.82) is 0 Å². The molecule has 0 aliphatic carbocycles. The summed E-state index contributed by atoms with van der Waals surface area (Å²) in [6, 6.07) is 0. The average molecular weight is 258 g/mol. The predicted octanol–water partition coefficient (Wildman–Crippen LogP) is 4.79. The van der Waals surface area contributed by atoms with Crippen LogP contribution >= 0.6 is 0 Å². The molecule has 108 valence electrons. The Morgan fingerprint density at radius 1 is 1.06 bits per heavy atom. The highest BCUT2D eigenvalue weighted by Crippen LogP contribution is 2.20. The molecule has 18 heavy (non-hydrogen) atoms. The maximum absolute atomic E-state index is 11.6. The second-order valence-electron chi connectivity index (χ2n) is 5.37. The van der Waals surface area contributed by atoms with Crippen LogP contribution in [0.4, 0.5) is 4.79 Å². The first-order chi connectivity index (χ1) is 8.52. The van der Waals surface area contributed by atoms with Gasteiger partial charge in [0.25, 0.3) is 0 Å². The molecule has 0 radical (unpaired) electrons. The van der Waals surface area contributed by atoms with Crippen molar-refractivity contribution in [3.8, 4) is 0 Å². The molecular weight excluding hydrogens is 228 g/mol. The molecule has 0 rings (SSSR count). The normalized spacial score (nSPS) is 14.3. The van der Waals surface area contributed by atoms with E-state index in [1.165, 1.54) is 12.8 Å². The van der Waals surface area contributed by atoms with Gasteiger partial charge in [0.15, 0.2) is 0 Å². The smallest absolute Gasteiger partial charge is 0.434 e.